The number of rotatable bonds is 2. The first-order valence-electron chi connectivity index (χ1n) is 6.61. The predicted octanol–water partition coefficient (Wildman–Crippen LogP) is 2.40. The molecule has 2 rings (SSSR count). The topological polar surface area (TPSA) is 22.0 Å². The third kappa shape index (κ3) is 1.99. The molecule has 0 aliphatic heterocycles. The molecule has 1 aromatic heterocycles. The van der Waals surface area contributed by atoms with Crippen molar-refractivity contribution in [2.24, 2.45) is 0 Å². The van der Waals surface area contributed by atoms with Gasteiger partial charge < -0.3 is 0 Å². The standard InChI is InChI=1S/C13H13NO/c1-2-11-8-9-13(15)14(10-11)12-6-4-3-5-7-12/h3-10H,2H2,1H3/i2D2,8D,9D. The predicted molar refractivity (Wildman–Crippen MR) is 61.4 cm³/mol. The molecule has 2 aromatic rings. The summed E-state index contributed by atoms with van der Waals surface area (Å²) < 4.78 is 32.0. The Kier molecular flexibility index (Phi) is 1.63. The molecule has 0 fully saturated rings. The number of nitrogens with zero attached hydrogens (tertiary/aromatic N) is 1. The Bertz CT molecular complexity index is 659. The second-order valence-corrected chi connectivity index (χ2v) is 3.05. The number of hydrogen-bond acceptors (Lipinski definition) is 1. The van der Waals surface area contributed by atoms with Crippen LogP contribution in [-0.4, -0.2) is 4.57 Å². The van der Waals surface area contributed by atoms with Gasteiger partial charge in [0.25, 0.3) is 5.56 Å². The van der Waals surface area contributed by atoms with E-state index in [1.807, 2.05) is 0 Å². The first kappa shape index (κ1) is 5.91. The molecule has 0 amide bonds. The number of pyridine rings is 1. The van der Waals surface area contributed by atoms with Crippen molar-refractivity contribution in [1.82, 2.24) is 4.57 Å². The summed E-state index contributed by atoms with van der Waals surface area (Å²) in [5.41, 5.74) is -0.0448. The Balaban J connectivity index is 2.77. The minimum atomic E-state index is -1.78. The molecular formula is C13H13NO. The molecule has 0 spiro atoms. The summed E-state index contributed by atoms with van der Waals surface area (Å²) >= 11 is 0. The van der Waals surface area contributed by atoms with E-state index in [0.29, 0.717) is 5.69 Å². The van der Waals surface area contributed by atoms with Crippen molar-refractivity contribution in [2.75, 3.05) is 0 Å². The Labute approximate surface area is 94.4 Å². The SMILES string of the molecule is [2H]c1c(C([2H])([2H])C)cn(-c2ccccc2)c(=O)c1[2H]. The molecule has 0 saturated heterocycles. The second-order valence-electron chi connectivity index (χ2n) is 3.05. The molecule has 0 N–H and O–H groups in total. The van der Waals surface area contributed by atoms with Gasteiger partial charge in [-0.25, -0.2) is 0 Å². The van der Waals surface area contributed by atoms with E-state index >= 15 is 0 Å². The maximum Gasteiger partial charge on any atom is 0.255 e. The fourth-order valence-electron chi connectivity index (χ4n) is 1.31. The quantitative estimate of drug-likeness (QED) is 0.734. The van der Waals surface area contributed by atoms with Gasteiger partial charge in [0.1, 0.15) is 0 Å². The first-order valence-corrected chi connectivity index (χ1v) is 4.61. The monoisotopic (exact) mass is 203 g/mol. The van der Waals surface area contributed by atoms with Gasteiger partial charge in [-0.1, -0.05) is 31.2 Å². The van der Waals surface area contributed by atoms with Gasteiger partial charge in [0.05, 0.1) is 2.74 Å². The largest absolute Gasteiger partial charge is 0.284 e. The Morgan fingerprint density at radius 2 is 2.07 bits per heavy atom. The van der Waals surface area contributed by atoms with Gasteiger partial charge >= 0.3 is 0 Å². The summed E-state index contributed by atoms with van der Waals surface area (Å²) in [5.74, 6) is 0. The van der Waals surface area contributed by atoms with Crippen molar-refractivity contribution >= 4 is 0 Å². The average molecular weight is 203 g/mol. The lowest BCUT2D eigenvalue weighted by molar-refractivity contribution is 0.953. The highest BCUT2D eigenvalue weighted by Gasteiger charge is 1.99. The highest BCUT2D eigenvalue weighted by atomic mass is 16.1. The van der Waals surface area contributed by atoms with E-state index in [1.165, 1.54) is 17.7 Å². The van der Waals surface area contributed by atoms with E-state index in [9.17, 15) is 4.79 Å². The van der Waals surface area contributed by atoms with Crippen molar-refractivity contribution in [3.63, 3.8) is 0 Å². The molecule has 2 nitrogen and oxygen atoms in total. The highest BCUT2D eigenvalue weighted by molar-refractivity contribution is 5.32. The normalized spacial score (nSPS) is 15.0. The van der Waals surface area contributed by atoms with Crippen LogP contribution in [-0.2, 0) is 6.37 Å². The number of aromatic nitrogens is 1. The second kappa shape index (κ2) is 4.13. The summed E-state index contributed by atoms with van der Waals surface area (Å²) in [7, 11) is 0. The zero-order valence-corrected chi connectivity index (χ0v) is 8.32. The third-order valence-electron chi connectivity index (χ3n) is 2.08. The van der Waals surface area contributed by atoms with Crippen LogP contribution in [0.5, 0.6) is 0 Å². The minimum Gasteiger partial charge on any atom is -0.284 e. The molecule has 0 saturated carbocycles. The number of hydrogen-bond donors (Lipinski definition) is 0. The smallest absolute Gasteiger partial charge is 0.255 e. The summed E-state index contributed by atoms with van der Waals surface area (Å²) in [6.07, 6.45) is -0.477. The fraction of sp³-hybridized carbons (Fsp3) is 0.154. The molecule has 0 unspecified atom stereocenters. The van der Waals surface area contributed by atoms with Crippen molar-refractivity contribution in [1.29, 1.82) is 0 Å². The van der Waals surface area contributed by atoms with Crippen LogP contribution in [0.25, 0.3) is 5.69 Å². The number of aryl methyl sites for hydroxylation is 1. The molecule has 76 valence electrons. The maximum atomic E-state index is 12.0. The van der Waals surface area contributed by atoms with Crippen LogP contribution in [0.1, 0.15) is 18.0 Å². The van der Waals surface area contributed by atoms with E-state index < -0.39 is 18.0 Å². The maximum absolute atomic E-state index is 12.0. The summed E-state index contributed by atoms with van der Waals surface area (Å²) in [6, 6.07) is 7.84. The lowest BCUT2D eigenvalue weighted by atomic mass is 10.2. The number of para-hydroxylation sites is 1. The molecule has 1 aromatic carbocycles. The highest BCUT2D eigenvalue weighted by Crippen LogP contribution is 2.05. The van der Waals surface area contributed by atoms with Gasteiger partial charge in [-0.05, 0) is 24.1 Å². The Hall–Kier alpha value is -1.83. The van der Waals surface area contributed by atoms with Crippen LogP contribution in [0.2, 0.25) is 0 Å². The molecular weight excluding hydrogens is 186 g/mol. The van der Waals surface area contributed by atoms with Gasteiger partial charge in [0.2, 0.25) is 0 Å². The summed E-state index contributed by atoms with van der Waals surface area (Å²) in [5, 5.41) is 0. The van der Waals surface area contributed by atoms with E-state index in [0.717, 1.165) is 0 Å². The van der Waals surface area contributed by atoms with Crippen LogP contribution < -0.4 is 5.56 Å². The van der Waals surface area contributed by atoms with Gasteiger partial charge in [0.15, 0.2) is 0 Å². The molecule has 0 radical (unpaired) electrons. The third-order valence-corrected chi connectivity index (χ3v) is 2.08. The molecule has 0 bridgehead atoms. The van der Waals surface area contributed by atoms with Crippen LogP contribution in [0, 0.1) is 0 Å². The fourth-order valence-corrected chi connectivity index (χ4v) is 1.31. The number of benzene rings is 1. The average Bonchev–Trinajstić information content (AvgIpc) is 2.36. The van der Waals surface area contributed by atoms with Gasteiger partial charge in [-0.3, -0.25) is 9.36 Å². The Morgan fingerprint density at radius 3 is 2.73 bits per heavy atom. The molecule has 15 heavy (non-hydrogen) atoms. The van der Waals surface area contributed by atoms with Gasteiger partial charge in [0, 0.05) is 20.7 Å². The van der Waals surface area contributed by atoms with Crippen LogP contribution in [0.15, 0.2) is 53.4 Å². The Morgan fingerprint density at radius 1 is 1.33 bits per heavy atom. The van der Waals surface area contributed by atoms with Crippen LogP contribution in [0.3, 0.4) is 0 Å². The zero-order chi connectivity index (χ0) is 14.2. The van der Waals surface area contributed by atoms with E-state index in [4.69, 9.17) is 5.48 Å². The van der Waals surface area contributed by atoms with Crippen molar-refractivity contribution in [3.8, 4) is 5.69 Å². The van der Waals surface area contributed by atoms with E-state index in [2.05, 4.69) is 0 Å². The van der Waals surface area contributed by atoms with Gasteiger partial charge in [-0.2, -0.15) is 0 Å². The van der Waals surface area contributed by atoms with E-state index in [-0.39, 0.29) is 11.6 Å². The minimum absolute atomic E-state index is 0.0287. The zero-order valence-electron chi connectivity index (χ0n) is 12.3. The van der Waals surface area contributed by atoms with Crippen LogP contribution >= 0.6 is 0 Å². The molecule has 0 aliphatic carbocycles. The lowest BCUT2D eigenvalue weighted by Gasteiger charge is -2.06. The summed E-state index contributed by atoms with van der Waals surface area (Å²) in [4.78, 5) is 12.0. The summed E-state index contributed by atoms with van der Waals surface area (Å²) in [6.45, 7) is 1.31. The van der Waals surface area contributed by atoms with Crippen LogP contribution in [0.4, 0.5) is 0 Å². The van der Waals surface area contributed by atoms with Crippen molar-refractivity contribution in [3.05, 3.63) is 64.5 Å². The molecule has 0 atom stereocenters. The molecule has 1 heterocycles. The molecule has 0 aliphatic rings. The van der Waals surface area contributed by atoms with Gasteiger partial charge in [-0.15, -0.1) is 0 Å². The first-order chi connectivity index (χ1) is 8.82. The molecule has 2 heteroatoms. The van der Waals surface area contributed by atoms with Crippen molar-refractivity contribution in [2.45, 2.75) is 13.3 Å². The van der Waals surface area contributed by atoms with Crippen molar-refractivity contribution < 1.29 is 5.48 Å². The van der Waals surface area contributed by atoms with E-state index in [1.54, 1.807) is 30.3 Å². The lowest BCUT2D eigenvalue weighted by Crippen LogP contribution is -2.16.